The van der Waals surface area contributed by atoms with E-state index in [-0.39, 0.29) is 24.1 Å². The maximum absolute atomic E-state index is 12.5. The van der Waals surface area contributed by atoms with Gasteiger partial charge in [0.05, 0.1) is 5.92 Å². The Morgan fingerprint density at radius 1 is 1.04 bits per heavy atom. The zero-order chi connectivity index (χ0) is 18.7. The molecule has 1 heterocycles. The smallest absolute Gasteiger partial charge is 0.229 e. The van der Waals surface area contributed by atoms with E-state index in [0.29, 0.717) is 17.9 Å². The van der Waals surface area contributed by atoms with Crippen molar-refractivity contribution in [3.8, 4) is 0 Å². The lowest BCUT2D eigenvalue weighted by atomic mass is 10.1. The molecule has 1 atom stereocenters. The summed E-state index contributed by atoms with van der Waals surface area (Å²) in [5, 5.41) is 5.51. The zero-order valence-corrected chi connectivity index (χ0v) is 14.8. The van der Waals surface area contributed by atoms with Crippen molar-refractivity contribution in [2.45, 2.75) is 20.3 Å². The van der Waals surface area contributed by atoms with Crippen LogP contribution in [0.15, 0.2) is 48.5 Å². The summed E-state index contributed by atoms with van der Waals surface area (Å²) in [4.78, 5) is 37.5. The molecule has 1 aliphatic rings. The van der Waals surface area contributed by atoms with Crippen molar-refractivity contribution < 1.29 is 14.4 Å². The molecule has 0 unspecified atom stereocenters. The van der Waals surface area contributed by atoms with E-state index in [2.05, 4.69) is 10.6 Å². The number of carbonyl (C=O) groups is 3. The third kappa shape index (κ3) is 4.08. The molecule has 3 amide bonds. The summed E-state index contributed by atoms with van der Waals surface area (Å²) < 4.78 is 0. The van der Waals surface area contributed by atoms with Crippen LogP contribution in [0.25, 0.3) is 0 Å². The summed E-state index contributed by atoms with van der Waals surface area (Å²) in [6, 6.07) is 14.6. The van der Waals surface area contributed by atoms with Gasteiger partial charge in [0.2, 0.25) is 17.7 Å². The Hall–Kier alpha value is -3.15. The Bertz CT molecular complexity index is 846. The first-order valence-corrected chi connectivity index (χ1v) is 8.48. The molecular formula is C20H21N3O3. The van der Waals surface area contributed by atoms with E-state index in [9.17, 15) is 14.4 Å². The van der Waals surface area contributed by atoms with Gasteiger partial charge in [0.25, 0.3) is 0 Å². The number of hydrogen-bond acceptors (Lipinski definition) is 3. The molecule has 0 aliphatic carbocycles. The standard InChI is InChI=1S/C20H21N3O3/c1-13-4-3-5-18(10-13)23-12-15(11-19(23)25)20(26)22-17-8-6-16(7-9-17)21-14(2)24/h3-10,15H,11-12H2,1-2H3,(H,21,24)(H,22,26)/t15-/m1/s1. The normalized spacial score (nSPS) is 16.5. The molecule has 6 nitrogen and oxygen atoms in total. The summed E-state index contributed by atoms with van der Waals surface area (Å²) in [5.74, 6) is -0.766. The number of amides is 3. The number of hydrogen-bond donors (Lipinski definition) is 2. The van der Waals surface area contributed by atoms with Gasteiger partial charge in [-0.3, -0.25) is 14.4 Å². The van der Waals surface area contributed by atoms with Crippen LogP contribution in [-0.2, 0) is 14.4 Å². The number of nitrogens with zero attached hydrogens (tertiary/aromatic N) is 1. The van der Waals surface area contributed by atoms with E-state index in [1.54, 1.807) is 29.2 Å². The molecular weight excluding hydrogens is 330 g/mol. The van der Waals surface area contributed by atoms with E-state index in [4.69, 9.17) is 0 Å². The van der Waals surface area contributed by atoms with Crippen LogP contribution >= 0.6 is 0 Å². The highest BCUT2D eigenvalue weighted by Crippen LogP contribution is 2.26. The van der Waals surface area contributed by atoms with Crippen LogP contribution in [0, 0.1) is 12.8 Å². The van der Waals surface area contributed by atoms with Crippen LogP contribution in [0.1, 0.15) is 18.9 Å². The minimum atomic E-state index is -0.391. The van der Waals surface area contributed by atoms with Gasteiger partial charge in [-0.05, 0) is 48.9 Å². The molecule has 2 aromatic rings. The van der Waals surface area contributed by atoms with E-state index in [1.165, 1.54) is 6.92 Å². The Balaban J connectivity index is 1.64. The quantitative estimate of drug-likeness (QED) is 0.889. The highest BCUT2D eigenvalue weighted by molar-refractivity contribution is 6.03. The monoisotopic (exact) mass is 351 g/mol. The number of anilines is 3. The second-order valence-electron chi connectivity index (χ2n) is 6.49. The van der Waals surface area contributed by atoms with Gasteiger partial charge in [-0.1, -0.05) is 12.1 Å². The van der Waals surface area contributed by atoms with E-state index >= 15 is 0 Å². The predicted octanol–water partition coefficient (Wildman–Crippen LogP) is 2.95. The summed E-state index contributed by atoms with van der Waals surface area (Å²) in [5.41, 5.74) is 3.19. The van der Waals surface area contributed by atoms with Crippen LogP contribution in [0.2, 0.25) is 0 Å². The molecule has 0 radical (unpaired) electrons. The van der Waals surface area contributed by atoms with Gasteiger partial charge in [-0.15, -0.1) is 0 Å². The Kier molecular flexibility index (Phi) is 5.02. The largest absolute Gasteiger partial charge is 0.326 e. The van der Waals surface area contributed by atoms with E-state index < -0.39 is 5.92 Å². The second-order valence-corrected chi connectivity index (χ2v) is 6.49. The number of aryl methyl sites for hydroxylation is 1. The Morgan fingerprint density at radius 2 is 1.69 bits per heavy atom. The van der Waals surface area contributed by atoms with E-state index in [0.717, 1.165) is 11.3 Å². The Labute approximate surface area is 152 Å². The van der Waals surface area contributed by atoms with Crippen LogP contribution in [0.4, 0.5) is 17.1 Å². The zero-order valence-electron chi connectivity index (χ0n) is 14.8. The maximum atomic E-state index is 12.5. The molecule has 0 bridgehead atoms. The van der Waals surface area contributed by atoms with Crippen molar-refractivity contribution in [3.63, 3.8) is 0 Å². The second kappa shape index (κ2) is 7.39. The van der Waals surface area contributed by atoms with Crippen LogP contribution in [0.5, 0.6) is 0 Å². The first-order valence-electron chi connectivity index (χ1n) is 8.48. The van der Waals surface area contributed by atoms with Crippen molar-refractivity contribution >= 4 is 34.8 Å². The van der Waals surface area contributed by atoms with Gasteiger partial charge in [-0.2, -0.15) is 0 Å². The number of carbonyl (C=O) groups excluding carboxylic acids is 3. The SMILES string of the molecule is CC(=O)Nc1ccc(NC(=O)[C@@H]2CC(=O)N(c3cccc(C)c3)C2)cc1. The van der Waals surface area contributed by atoms with Gasteiger partial charge >= 0.3 is 0 Å². The van der Waals surface area contributed by atoms with Crippen LogP contribution in [0.3, 0.4) is 0 Å². The van der Waals surface area contributed by atoms with Gasteiger partial charge < -0.3 is 15.5 Å². The minimum absolute atomic E-state index is 0.0447. The fraction of sp³-hybridized carbons (Fsp3) is 0.250. The van der Waals surface area contributed by atoms with Crippen LogP contribution < -0.4 is 15.5 Å². The van der Waals surface area contributed by atoms with Crippen molar-refractivity contribution in [1.29, 1.82) is 0 Å². The molecule has 1 fully saturated rings. The molecule has 0 aromatic heterocycles. The summed E-state index contributed by atoms with van der Waals surface area (Å²) in [7, 11) is 0. The van der Waals surface area contributed by atoms with Gasteiger partial charge in [0, 0.05) is 37.0 Å². The lowest BCUT2D eigenvalue weighted by molar-refractivity contribution is -0.122. The third-order valence-electron chi connectivity index (χ3n) is 4.28. The molecule has 134 valence electrons. The topological polar surface area (TPSA) is 78.5 Å². The molecule has 26 heavy (non-hydrogen) atoms. The summed E-state index contributed by atoms with van der Waals surface area (Å²) >= 11 is 0. The molecule has 3 rings (SSSR count). The molecule has 0 saturated carbocycles. The first kappa shape index (κ1) is 17.7. The predicted molar refractivity (Wildman–Crippen MR) is 101 cm³/mol. The molecule has 2 N–H and O–H groups in total. The average Bonchev–Trinajstić information content (AvgIpc) is 2.98. The third-order valence-corrected chi connectivity index (χ3v) is 4.28. The van der Waals surface area contributed by atoms with Crippen molar-refractivity contribution in [1.82, 2.24) is 0 Å². The van der Waals surface area contributed by atoms with Gasteiger partial charge in [0.15, 0.2) is 0 Å². The van der Waals surface area contributed by atoms with Gasteiger partial charge in [-0.25, -0.2) is 0 Å². The summed E-state index contributed by atoms with van der Waals surface area (Å²) in [6.07, 6.45) is 0.198. The highest BCUT2D eigenvalue weighted by atomic mass is 16.2. The maximum Gasteiger partial charge on any atom is 0.229 e. The molecule has 2 aromatic carbocycles. The van der Waals surface area contributed by atoms with Crippen LogP contribution in [-0.4, -0.2) is 24.3 Å². The number of rotatable bonds is 4. The number of nitrogens with one attached hydrogen (secondary N) is 2. The lowest BCUT2D eigenvalue weighted by Crippen LogP contribution is -2.28. The van der Waals surface area contributed by atoms with E-state index in [1.807, 2.05) is 31.2 Å². The van der Waals surface area contributed by atoms with Gasteiger partial charge in [0.1, 0.15) is 0 Å². The fourth-order valence-electron chi connectivity index (χ4n) is 3.01. The average molecular weight is 351 g/mol. The molecule has 6 heteroatoms. The van der Waals surface area contributed by atoms with Crippen molar-refractivity contribution in [3.05, 3.63) is 54.1 Å². The minimum Gasteiger partial charge on any atom is -0.326 e. The molecule has 1 aliphatic heterocycles. The first-order chi connectivity index (χ1) is 12.4. The lowest BCUT2D eigenvalue weighted by Gasteiger charge is -2.17. The fourth-order valence-corrected chi connectivity index (χ4v) is 3.01. The van der Waals surface area contributed by atoms with Crippen molar-refractivity contribution in [2.24, 2.45) is 5.92 Å². The molecule has 0 spiro atoms. The van der Waals surface area contributed by atoms with Crippen molar-refractivity contribution in [2.75, 3.05) is 22.1 Å². The number of benzene rings is 2. The highest BCUT2D eigenvalue weighted by Gasteiger charge is 2.35. The summed E-state index contributed by atoms with van der Waals surface area (Å²) in [6.45, 7) is 3.78. The molecule has 1 saturated heterocycles. The Morgan fingerprint density at radius 3 is 2.31 bits per heavy atom.